The molecule has 0 aliphatic carbocycles. The fourth-order valence-electron chi connectivity index (χ4n) is 1.57. The van der Waals surface area contributed by atoms with Crippen LogP contribution in [0.5, 0.6) is 5.75 Å². The van der Waals surface area contributed by atoms with Gasteiger partial charge in [-0.15, -0.1) is 11.3 Å². The molecule has 4 heteroatoms. The van der Waals surface area contributed by atoms with Gasteiger partial charge in [0.15, 0.2) is 0 Å². The van der Waals surface area contributed by atoms with Gasteiger partial charge in [0, 0.05) is 15.8 Å². The standard InChI is InChI=1S/C13H14ClNOS/c1-8(15)12-5-6-13(17-12)9-3-4-11(16-2)10(14)7-9/h3-8H,15H2,1-2H3. The molecule has 0 aliphatic heterocycles. The van der Waals surface area contributed by atoms with Crippen LogP contribution in [-0.4, -0.2) is 7.11 Å². The van der Waals surface area contributed by atoms with Crippen molar-refractivity contribution in [1.29, 1.82) is 0 Å². The summed E-state index contributed by atoms with van der Waals surface area (Å²) in [6.07, 6.45) is 0. The molecule has 2 rings (SSSR count). The van der Waals surface area contributed by atoms with Crippen molar-refractivity contribution in [3.63, 3.8) is 0 Å². The molecule has 2 aromatic rings. The first-order valence-corrected chi connectivity index (χ1v) is 6.50. The van der Waals surface area contributed by atoms with Crippen molar-refractivity contribution in [3.05, 3.63) is 40.2 Å². The summed E-state index contributed by atoms with van der Waals surface area (Å²) < 4.78 is 5.13. The molecular formula is C13H14ClNOS. The molecule has 0 amide bonds. The summed E-state index contributed by atoms with van der Waals surface area (Å²) in [6, 6.07) is 9.99. The van der Waals surface area contributed by atoms with Gasteiger partial charge in [0.1, 0.15) is 5.75 Å². The van der Waals surface area contributed by atoms with E-state index >= 15 is 0 Å². The summed E-state index contributed by atoms with van der Waals surface area (Å²) in [7, 11) is 1.61. The lowest BCUT2D eigenvalue weighted by Crippen LogP contribution is -2.01. The molecule has 1 atom stereocenters. The van der Waals surface area contributed by atoms with Crippen LogP contribution in [0.4, 0.5) is 0 Å². The van der Waals surface area contributed by atoms with Crippen molar-refractivity contribution >= 4 is 22.9 Å². The topological polar surface area (TPSA) is 35.2 Å². The van der Waals surface area contributed by atoms with E-state index < -0.39 is 0 Å². The Bertz CT molecular complexity index is 522. The zero-order valence-electron chi connectivity index (χ0n) is 9.74. The first kappa shape index (κ1) is 12.4. The minimum Gasteiger partial charge on any atom is -0.495 e. The molecule has 0 spiro atoms. The van der Waals surface area contributed by atoms with Crippen LogP contribution in [0.15, 0.2) is 30.3 Å². The van der Waals surface area contributed by atoms with Gasteiger partial charge in [-0.3, -0.25) is 0 Å². The zero-order chi connectivity index (χ0) is 12.4. The molecule has 1 unspecified atom stereocenters. The molecule has 2 N–H and O–H groups in total. The highest BCUT2D eigenvalue weighted by atomic mass is 35.5. The fourth-order valence-corrected chi connectivity index (χ4v) is 2.79. The largest absolute Gasteiger partial charge is 0.495 e. The first-order chi connectivity index (χ1) is 8.11. The number of thiophene rings is 1. The van der Waals surface area contributed by atoms with Crippen molar-refractivity contribution in [2.45, 2.75) is 13.0 Å². The maximum atomic E-state index is 6.10. The molecule has 1 aromatic carbocycles. The van der Waals surface area contributed by atoms with E-state index in [1.807, 2.05) is 25.1 Å². The molecule has 0 aliphatic rings. The molecule has 17 heavy (non-hydrogen) atoms. The summed E-state index contributed by atoms with van der Waals surface area (Å²) in [6.45, 7) is 1.98. The molecule has 1 heterocycles. The normalized spacial score (nSPS) is 12.5. The van der Waals surface area contributed by atoms with Crippen LogP contribution in [0.1, 0.15) is 17.8 Å². The molecule has 90 valence electrons. The van der Waals surface area contributed by atoms with Crippen LogP contribution in [0.3, 0.4) is 0 Å². The van der Waals surface area contributed by atoms with E-state index in [0.29, 0.717) is 10.8 Å². The summed E-state index contributed by atoms with van der Waals surface area (Å²) >= 11 is 7.80. The van der Waals surface area contributed by atoms with Gasteiger partial charge < -0.3 is 10.5 Å². The van der Waals surface area contributed by atoms with Crippen molar-refractivity contribution < 1.29 is 4.74 Å². The fraction of sp³-hybridized carbons (Fsp3) is 0.231. The molecule has 2 nitrogen and oxygen atoms in total. The van der Waals surface area contributed by atoms with Crippen molar-refractivity contribution in [1.82, 2.24) is 0 Å². The smallest absolute Gasteiger partial charge is 0.137 e. The highest BCUT2D eigenvalue weighted by Gasteiger charge is 2.08. The second kappa shape index (κ2) is 5.08. The first-order valence-electron chi connectivity index (χ1n) is 5.31. The molecule has 0 saturated carbocycles. The Morgan fingerprint density at radius 3 is 2.59 bits per heavy atom. The third-order valence-electron chi connectivity index (χ3n) is 2.51. The Balaban J connectivity index is 2.36. The van der Waals surface area contributed by atoms with E-state index in [9.17, 15) is 0 Å². The molecule has 0 fully saturated rings. The zero-order valence-corrected chi connectivity index (χ0v) is 11.3. The van der Waals surface area contributed by atoms with Gasteiger partial charge in [-0.25, -0.2) is 0 Å². The van der Waals surface area contributed by atoms with Crippen LogP contribution >= 0.6 is 22.9 Å². The number of rotatable bonds is 3. The summed E-state index contributed by atoms with van der Waals surface area (Å²) in [5.74, 6) is 0.694. The minimum atomic E-state index is 0.0717. The Kier molecular flexibility index (Phi) is 3.72. The van der Waals surface area contributed by atoms with E-state index in [4.69, 9.17) is 22.1 Å². The molecular weight excluding hydrogens is 254 g/mol. The van der Waals surface area contributed by atoms with Crippen molar-refractivity contribution in [3.8, 4) is 16.2 Å². The van der Waals surface area contributed by atoms with Crippen LogP contribution in [0.25, 0.3) is 10.4 Å². The van der Waals surface area contributed by atoms with Gasteiger partial charge in [0.05, 0.1) is 12.1 Å². The Morgan fingerprint density at radius 2 is 2.06 bits per heavy atom. The van der Waals surface area contributed by atoms with Gasteiger partial charge in [-0.05, 0) is 42.8 Å². The lowest BCUT2D eigenvalue weighted by molar-refractivity contribution is 0.415. The van der Waals surface area contributed by atoms with E-state index in [2.05, 4.69) is 12.1 Å². The Labute approximate surface area is 110 Å². The molecule has 1 aromatic heterocycles. The van der Waals surface area contributed by atoms with Crippen molar-refractivity contribution in [2.24, 2.45) is 5.73 Å². The van der Waals surface area contributed by atoms with Gasteiger partial charge in [0.2, 0.25) is 0 Å². The predicted molar refractivity (Wildman–Crippen MR) is 73.9 cm³/mol. The second-order valence-electron chi connectivity index (χ2n) is 3.84. The number of hydrogen-bond donors (Lipinski definition) is 1. The van der Waals surface area contributed by atoms with Gasteiger partial charge in [-0.2, -0.15) is 0 Å². The summed E-state index contributed by atoms with van der Waals surface area (Å²) in [5.41, 5.74) is 6.94. The quantitative estimate of drug-likeness (QED) is 0.909. The van der Waals surface area contributed by atoms with E-state index in [0.717, 1.165) is 5.56 Å². The molecule has 0 radical (unpaired) electrons. The lowest BCUT2D eigenvalue weighted by Gasteiger charge is -2.04. The highest BCUT2D eigenvalue weighted by Crippen LogP contribution is 2.34. The second-order valence-corrected chi connectivity index (χ2v) is 5.36. The number of ether oxygens (including phenoxy) is 1. The maximum Gasteiger partial charge on any atom is 0.137 e. The van der Waals surface area contributed by atoms with Gasteiger partial charge in [-0.1, -0.05) is 11.6 Å². The van der Waals surface area contributed by atoms with Crippen molar-refractivity contribution in [2.75, 3.05) is 7.11 Å². The average Bonchev–Trinajstić information content (AvgIpc) is 2.78. The summed E-state index contributed by atoms with van der Waals surface area (Å²) in [5, 5.41) is 0.626. The lowest BCUT2D eigenvalue weighted by atomic mass is 10.2. The molecule has 0 bridgehead atoms. The van der Waals surface area contributed by atoms with Crippen LogP contribution in [-0.2, 0) is 0 Å². The number of benzene rings is 1. The number of hydrogen-bond acceptors (Lipinski definition) is 3. The third-order valence-corrected chi connectivity index (χ3v) is 4.14. The average molecular weight is 268 g/mol. The predicted octanol–water partition coefficient (Wildman–Crippen LogP) is 4.10. The van der Waals surface area contributed by atoms with E-state index in [1.54, 1.807) is 18.4 Å². The van der Waals surface area contributed by atoms with Gasteiger partial charge >= 0.3 is 0 Å². The highest BCUT2D eigenvalue weighted by molar-refractivity contribution is 7.15. The van der Waals surface area contributed by atoms with Crippen LogP contribution < -0.4 is 10.5 Å². The van der Waals surface area contributed by atoms with Crippen LogP contribution in [0.2, 0.25) is 5.02 Å². The summed E-state index contributed by atoms with van der Waals surface area (Å²) in [4.78, 5) is 2.34. The third kappa shape index (κ3) is 2.63. The van der Waals surface area contributed by atoms with E-state index in [-0.39, 0.29) is 6.04 Å². The van der Waals surface area contributed by atoms with E-state index in [1.165, 1.54) is 9.75 Å². The minimum absolute atomic E-state index is 0.0717. The number of nitrogens with two attached hydrogens (primary N) is 1. The Hall–Kier alpha value is -1.03. The van der Waals surface area contributed by atoms with Gasteiger partial charge in [0.25, 0.3) is 0 Å². The number of methoxy groups -OCH3 is 1. The maximum absolute atomic E-state index is 6.10. The Morgan fingerprint density at radius 1 is 1.29 bits per heavy atom. The van der Waals surface area contributed by atoms with Crippen LogP contribution in [0, 0.1) is 0 Å². The SMILES string of the molecule is COc1ccc(-c2ccc(C(C)N)s2)cc1Cl. The molecule has 0 saturated heterocycles. The number of halogens is 1. The monoisotopic (exact) mass is 267 g/mol.